The van der Waals surface area contributed by atoms with Crippen molar-refractivity contribution in [2.75, 3.05) is 13.2 Å². The summed E-state index contributed by atoms with van der Waals surface area (Å²) < 4.78 is 5.66. The van der Waals surface area contributed by atoms with E-state index < -0.39 is 6.10 Å². The molecule has 1 aromatic rings. The molecule has 3 nitrogen and oxygen atoms in total. The lowest BCUT2D eigenvalue weighted by atomic mass is 10.1. The summed E-state index contributed by atoms with van der Waals surface area (Å²) in [5.41, 5.74) is 1.23. The Labute approximate surface area is 123 Å². The minimum absolute atomic E-state index is 0.205. The van der Waals surface area contributed by atoms with Gasteiger partial charge in [0.25, 0.3) is 0 Å². The van der Waals surface area contributed by atoms with Crippen LogP contribution in [0.25, 0.3) is 0 Å². The highest BCUT2D eigenvalue weighted by Gasteiger charge is 2.11. The van der Waals surface area contributed by atoms with E-state index in [-0.39, 0.29) is 12.1 Å². The molecule has 3 heteroatoms. The van der Waals surface area contributed by atoms with Gasteiger partial charge in [-0.2, -0.15) is 0 Å². The molecule has 2 N–H and O–H groups in total. The molecule has 0 aliphatic rings. The highest BCUT2D eigenvalue weighted by atomic mass is 16.5. The number of ether oxygens (including phenoxy) is 1. The van der Waals surface area contributed by atoms with E-state index in [1.807, 2.05) is 18.2 Å². The Bertz CT molecular complexity index is 353. The van der Waals surface area contributed by atoms with Gasteiger partial charge in [0.1, 0.15) is 0 Å². The van der Waals surface area contributed by atoms with Gasteiger partial charge in [0, 0.05) is 12.6 Å². The molecule has 20 heavy (non-hydrogen) atoms. The SMILES string of the molecule is CC(C)CC(C)OCC(O)CNC(C)c1ccccc1. The Balaban J connectivity index is 2.21. The van der Waals surface area contributed by atoms with Crippen molar-refractivity contribution in [3.63, 3.8) is 0 Å². The maximum Gasteiger partial charge on any atom is 0.0898 e. The largest absolute Gasteiger partial charge is 0.389 e. The van der Waals surface area contributed by atoms with Crippen LogP contribution in [0.5, 0.6) is 0 Å². The maximum atomic E-state index is 9.94. The predicted molar refractivity (Wildman–Crippen MR) is 83.7 cm³/mol. The summed E-state index contributed by atoms with van der Waals surface area (Å²) in [6.45, 7) is 9.46. The Hall–Kier alpha value is -0.900. The van der Waals surface area contributed by atoms with Gasteiger partial charge in [-0.25, -0.2) is 0 Å². The molecule has 0 aliphatic heterocycles. The summed E-state index contributed by atoms with van der Waals surface area (Å²) >= 11 is 0. The fourth-order valence-corrected chi connectivity index (χ4v) is 2.24. The van der Waals surface area contributed by atoms with Gasteiger partial charge in [-0.05, 0) is 31.7 Å². The summed E-state index contributed by atoms with van der Waals surface area (Å²) in [6, 6.07) is 10.5. The number of aliphatic hydroxyl groups is 1. The number of rotatable bonds is 9. The van der Waals surface area contributed by atoms with Crippen molar-refractivity contribution < 1.29 is 9.84 Å². The Morgan fingerprint density at radius 1 is 1.10 bits per heavy atom. The Morgan fingerprint density at radius 2 is 1.75 bits per heavy atom. The molecule has 0 spiro atoms. The van der Waals surface area contributed by atoms with Crippen molar-refractivity contribution in [3.8, 4) is 0 Å². The molecular formula is C17H29NO2. The van der Waals surface area contributed by atoms with Crippen LogP contribution in [-0.4, -0.2) is 30.5 Å². The zero-order valence-electron chi connectivity index (χ0n) is 13.2. The molecule has 0 aromatic heterocycles. The summed E-state index contributed by atoms with van der Waals surface area (Å²) in [6.07, 6.45) is 0.771. The van der Waals surface area contributed by atoms with E-state index in [4.69, 9.17) is 4.74 Å². The van der Waals surface area contributed by atoms with Crippen LogP contribution in [0, 0.1) is 5.92 Å². The van der Waals surface area contributed by atoms with Gasteiger partial charge >= 0.3 is 0 Å². The normalized spacial score (nSPS) is 16.1. The lowest BCUT2D eigenvalue weighted by molar-refractivity contribution is -0.00914. The molecule has 1 rings (SSSR count). The van der Waals surface area contributed by atoms with Crippen molar-refractivity contribution >= 4 is 0 Å². The molecule has 114 valence electrons. The number of nitrogens with one attached hydrogen (secondary N) is 1. The third-order valence-corrected chi connectivity index (χ3v) is 3.34. The third kappa shape index (κ3) is 7.04. The highest BCUT2D eigenvalue weighted by molar-refractivity contribution is 5.17. The van der Waals surface area contributed by atoms with Gasteiger partial charge in [0.15, 0.2) is 0 Å². The first-order valence-electron chi connectivity index (χ1n) is 7.57. The van der Waals surface area contributed by atoms with Crippen molar-refractivity contribution in [1.82, 2.24) is 5.32 Å². The fourth-order valence-electron chi connectivity index (χ4n) is 2.24. The highest BCUT2D eigenvalue weighted by Crippen LogP contribution is 2.11. The maximum absolute atomic E-state index is 9.94. The van der Waals surface area contributed by atoms with E-state index in [9.17, 15) is 5.11 Å². The molecule has 3 atom stereocenters. The van der Waals surface area contributed by atoms with Gasteiger partial charge in [-0.15, -0.1) is 0 Å². The average molecular weight is 279 g/mol. The lowest BCUT2D eigenvalue weighted by Crippen LogP contribution is -2.33. The first-order chi connectivity index (χ1) is 9.49. The molecule has 0 heterocycles. The van der Waals surface area contributed by atoms with E-state index in [0.717, 1.165) is 6.42 Å². The van der Waals surface area contributed by atoms with Gasteiger partial charge in [0.05, 0.1) is 18.8 Å². The molecule has 0 saturated heterocycles. The average Bonchev–Trinajstić information content (AvgIpc) is 2.42. The smallest absolute Gasteiger partial charge is 0.0898 e. The van der Waals surface area contributed by atoms with Crippen molar-refractivity contribution in [1.29, 1.82) is 0 Å². The predicted octanol–water partition coefficient (Wildman–Crippen LogP) is 3.15. The summed E-state index contributed by atoms with van der Waals surface area (Å²) in [5, 5.41) is 13.3. The lowest BCUT2D eigenvalue weighted by Gasteiger charge is -2.20. The Kier molecular flexibility index (Phi) is 7.82. The second-order valence-corrected chi connectivity index (χ2v) is 5.97. The van der Waals surface area contributed by atoms with E-state index in [0.29, 0.717) is 19.1 Å². The third-order valence-electron chi connectivity index (χ3n) is 3.34. The van der Waals surface area contributed by atoms with Crippen LogP contribution in [0.15, 0.2) is 30.3 Å². The summed E-state index contributed by atoms with van der Waals surface area (Å²) in [4.78, 5) is 0. The molecule has 0 radical (unpaired) electrons. The molecular weight excluding hydrogens is 250 g/mol. The van der Waals surface area contributed by atoms with Crippen LogP contribution in [-0.2, 0) is 4.74 Å². The fraction of sp³-hybridized carbons (Fsp3) is 0.647. The zero-order chi connectivity index (χ0) is 15.0. The second kappa shape index (κ2) is 9.11. The molecule has 0 bridgehead atoms. The molecule has 0 fully saturated rings. The quantitative estimate of drug-likeness (QED) is 0.729. The van der Waals surface area contributed by atoms with E-state index in [1.54, 1.807) is 0 Å². The van der Waals surface area contributed by atoms with Crippen molar-refractivity contribution in [2.24, 2.45) is 5.92 Å². The van der Waals surface area contributed by atoms with E-state index >= 15 is 0 Å². The van der Waals surface area contributed by atoms with E-state index in [2.05, 4.69) is 45.1 Å². The minimum atomic E-state index is -0.462. The number of aliphatic hydroxyl groups excluding tert-OH is 1. The summed E-state index contributed by atoms with van der Waals surface area (Å²) in [5.74, 6) is 0.623. The van der Waals surface area contributed by atoms with Gasteiger partial charge in [0.2, 0.25) is 0 Å². The van der Waals surface area contributed by atoms with Crippen LogP contribution < -0.4 is 5.32 Å². The first-order valence-corrected chi connectivity index (χ1v) is 7.57. The monoisotopic (exact) mass is 279 g/mol. The summed E-state index contributed by atoms with van der Waals surface area (Å²) in [7, 11) is 0. The van der Waals surface area contributed by atoms with Gasteiger partial charge < -0.3 is 15.2 Å². The minimum Gasteiger partial charge on any atom is -0.389 e. The number of benzene rings is 1. The molecule has 0 saturated carbocycles. The van der Waals surface area contributed by atoms with Crippen molar-refractivity contribution in [3.05, 3.63) is 35.9 Å². The van der Waals surface area contributed by atoms with Crippen LogP contribution >= 0.6 is 0 Å². The molecule has 0 amide bonds. The molecule has 3 unspecified atom stereocenters. The standard InChI is InChI=1S/C17H29NO2/c1-13(2)10-14(3)20-12-17(19)11-18-15(4)16-8-6-5-7-9-16/h5-9,13-15,17-19H,10-12H2,1-4H3. The van der Waals surface area contributed by atoms with Gasteiger partial charge in [-0.1, -0.05) is 44.2 Å². The van der Waals surface area contributed by atoms with Crippen LogP contribution in [0.1, 0.15) is 45.7 Å². The van der Waals surface area contributed by atoms with Gasteiger partial charge in [-0.3, -0.25) is 0 Å². The topological polar surface area (TPSA) is 41.5 Å². The second-order valence-electron chi connectivity index (χ2n) is 5.97. The van der Waals surface area contributed by atoms with Crippen LogP contribution in [0.3, 0.4) is 0 Å². The van der Waals surface area contributed by atoms with Crippen LogP contribution in [0.4, 0.5) is 0 Å². The van der Waals surface area contributed by atoms with E-state index in [1.165, 1.54) is 5.56 Å². The van der Waals surface area contributed by atoms with Crippen LogP contribution in [0.2, 0.25) is 0 Å². The number of hydrogen-bond donors (Lipinski definition) is 2. The Morgan fingerprint density at radius 3 is 2.35 bits per heavy atom. The molecule has 1 aromatic carbocycles. The number of hydrogen-bond acceptors (Lipinski definition) is 3. The van der Waals surface area contributed by atoms with Crippen molar-refractivity contribution in [2.45, 2.75) is 52.4 Å². The first kappa shape index (κ1) is 17.2. The molecule has 0 aliphatic carbocycles. The zero-order valence-corrected chi connectivity index (χ0v) is 13.2.